The van der Waals surface area contributed by atoms with Gasteiger partial charge in [-0.05, 0) is 20.7 Å². The zero-order valence-corrected chi connectivity index (χ0v) is 10.1. The molecule has 1 aromatic rings. The fourth-order valence-corrected chi connectivity index (χ4v) is 1.84. The topological polar surface area (TPSA) is 126 Å². The van der Waals surface area contributed by atoms with Crippen LogP contribution in [0, 0.1) is 0 Å². The van der Waals surface area contributed by atoms with Crippen molar-refractivity contribution in [1.82, 2.24) is 4.98 Å². The maximum Gasteiger partial charge on any atom is 0.700 e. The second-order valence-corrected chi connectivity index (χ2v) is 4.23. The van der Waals surface area contributed by atoms with Crippen LogP contribution in [0.5, 0.6) is 0 Å². The first-order valence-electron chi connectivity index (χ1n) is 4.23. The molecular weight excluding hydrogens is 272 g/mol. The van der Waals surface area contributed by atoms with Crippen LogP contribution in [0.2, 0.25) is 0 Å². The molecule has 0 aliphatic rings. The van der Waals surface area contributed by atoms with E-state index in [4.69, 9.17) is 9.79 Å². The minimum absolute atomic E-state index is 0.392. The van der Waals surface area contributed by atoms with Crippen molar-refractivity contribution in [2.45, 2.75) is 12.4 Å². The molecule has 1 aromatic heterocycles. The summed E-state index contributed by atoms with van der Waals surface area (Å²) >= 11 is 0. The Bertz CT molecular complexity index is 396. The van der Waals surface area contributed by atoms with Crippen LogP contribution in [0.3, 0.4) is 0 Å². The Hall–Kier alpha value is -0.850. The van der Waals surface area contributed by atoms with Gasteiger partial charge in [0.25, 0.3) is 0 Å². The van der Waals surface area contributed by atoms with Crippen molar-refractivity contribution < 1.29 is 33.1 Å². The SMILES string of the molecule is O=[P+](O)OC(O)(Cc1cccnc1)O[P+](=O)O. The standard InChI is InChI=1S/C7H7NO7P2/c9-7(14-16(10)11,15-17(12)13)4-6-2-1-3-8-5-6/h1-3,5,9H,4H2/p+2. The maximum atomic E-state index is 10.5. The fourth-order valence-electron chi connectivity index (χ4n) is 1.09. The molecule has 17 heavy (non-hydrogen) atoms. The molecule has 0 saturated carbocycles. The van der Waals surface area contributed by atoms with E-state index in [1.54, 1.807) is 6.07 Å². The molecule has 1 rings (SSSR count). The third-order valence-electron chi connectivity index (χ3n) is 1.59. The zero-order valence-electron chi connectivity index (χ0n) is 8.33. The van der Waals surface area contributed by atoms with Crippen LogP contribution in [0.15, 0.2) is 24.5 Å². The highest BCUT2D eigenvalue weighted by Gasteiger charge is 2.48. The van der Waals surface area contributed by atoms with Crippen molar-refractivity contribution in [2.75, 3.05) is 0 Å². The predicted molar refractivity (Wildman–Crippen MR) is 54.7 cm³/mol. The summed E-state index contributed by atoms with van der Waals surface area (Å²) in [5.74, 6) is -2.66. The van der Waals surface area contributed by atoms with Crippen molar-refractivity contribution in [1.29, 1.82) is 0 Å². The van der Waals surface area contributed by atoms with Crippen molar-refractivity contribution in [3.8, 4) is 0 Å². The second-order valence-electron chi connectivity index (χ2n) is 2.91. The van der Waals surface area contributed by atoms with Crippen LogP contribution >= 0.6 is 16.5 Å². The molecule has 0 spiro atoms. The maximum absolute atomic E-state index is 10.5. The molecule has 0 aliphatic carbocycles. The molecule has 0 radical (unpaired) electrons. The Kier molecular flexibility index (Phi) is 5.17. The predicted octanol–water partition coefficient (Wildman–Crippen LogP) is 0.603. The Balaban J connectivity index is 2.83. The van der Waals surface area contributed by atoms with Crippen LogP contribution in [-0.4, -0.2) is 25.9 Å². The first-order chi connectivity index (χ1) is 7.91. The van der Waals surface area contributed by atoms with Gasteiger partial charge in [-0.15, -0.1) is 9.79 Å². The summed E-state index contributed by atoms with van der Waals surface area (Å²) < 4.78 is 29.3. The lowest BCUT2D eigenvalue weighted by Crippen LogP contribution is -2.34. The molecule has 0 fully saturated rings. The van der Waals surface area contributed by atoms with Crippen molar-refractivity contribution >= 4 is 16.5 Å². The highest BCUT2D eigenvalue weighted by atomic mass is 31.1. The lowest BCUT2D eigenvalue weighted by Gasteiger charge is -2.13. The van der Waals surface area contributed by atoms with E-state index < -0.39 is 28.9 Å². The first-order valence-corrected chi connectivity index (χ1v) is 6.49. The van der Waals surface area contributed by atoms with Gasteiger partial charge in [0, 0.05) is 21.5 Å². The van der Waals surface area contributed by atoms with E-state index in [9.17, 15) is 14.2 Å². The lowest BCUT2D eigenvalue weighted by molar-refractivity contribution is -0.271. The van der Waals surface area contributed by atoms with Gasteiger partial charge in [0.1, 0.15) is 0 Å². The molecule has 0 amide bonds. The molecule has 0 aliphatic heterocycles. The Morgan fingerprint density at radius 1 is 1.29 bits per heavy atom. The number of pyridine rings is 1. The third kappa shape index (κ3) is 5.34. The van der Waals surface area contributed by atoms with Crippen molar-refractivity contribution in [3.63, 3.8) is 0 Å². The smallest absolute Gasteiger partial charge is 0.337 e. The number of aliphatic hydroxyl groups is 1. The summed E-state index contributed by atoms with van der Waals surface area (Å²) in [5.41, 5.74) is 0.392. The number of rotatable bonds is 6. The number of nitrogens with zero attached hydrogens (tertiary/aromatic N) is 1. The molecule has 8 nitrogen and oxygen atoms in total. The number of hydrogen-bond acceptors (Lipinski definition) is 6. The Morgan fingerprint density at radius 2 is 1.88 bits per heavy atom. The molecular formula is C7H9NO7P2+2. The summed E-state index contributed by atoms with van der Waals surface area (Å²) in [4.78, 5) is 20.8. The van der Waals surface area contributed by atoms with E-state index in [0.717, 1.165) is 0 Å². The van der Waals surface area contributed by atoms with Gasteiger partial charge in [0.05, 0.1) is 6.42 Å². The first kappa shape index (κ1) is 14.2. The third-order valence-corrected chi connectivity index (χ3v) is 2.47. The second kappa shape index (κ2) is 6.18. The summed E-state index contributed by atoms with van der Waals surface area (Å²) in [6.45, 7) is 0. The molecule has 0 bridgehead atoms. The van der Waals surface area contributed by atoms with E-state index >= 15 is 0 Å². The van der Waals surface area contributed by atoms with Gasteiger partial charge >= 0.3 is 22.5 Å². The molecule has 0 saturated heterocycles. The average Bonchev–Trinajstić information content (AvgIpc) is 2.15. The van der Waals surface area contributed by atoms with Gasteiger partial charge < -0.3 is 5.11 Å². The van der Waals surface area contributed by atoms with Crippen LogP contribution in [-0.2, 0) is 24.6 Å². The summed E-state index contributed by atoms with van der Waals surface area (Å²) in [6, 6.07) is 3.08. The molecule has 3 N–H and O–H groups in total. The average molecular weight is 281 g/mol. The molecule has 2 atom stereocenters. The van der Waals surface area contributed by atoms with Crippen LogP contribution in [0.4, 0.5) is 0 Å². The van der Waals surface area contributed by atoms with Gasteiger partial charge in [0.2, 0.25) is 0 Å². The van der Waals surface area contributed by atoms with Gasteiger partial charge in [-0.25, -0.2) is 0 Å². The summed E-state index contributed by atoms with van der Waals surface area (Å²) in [5, 5.41) is 9.65. The Labute approximate surface area is 97.7 Å². The van der Waals surface area contributed by atoms with Gasteiger partial charge in [-0.2, -0.15) is 0 Å². The van der Waals surface area contributed by atoms with Crippen molar-refractivity contribution in [3.05, 3.63) is 30.1 Å². The largest absolute Gasteiger partial charge is 0.700 e. The number of aromatic nitrogens is 1. The molecule has 10 heteroatoms. The van der Waals surface area contributed by atoms with E-state index in [1.165, 1.54) is 18.5 Å². The van der Waals surface area contributed by atoms with Crippen LogP contribution < -0.4 is 0 Å². The van der Waals surface area contributed by atoms with Crippen LogP contribution in [0.25, 0.3) is 0 Å². The highest BCUT2D eigenvalue weighted by Crippen LogP contribution is 2.34. The van der Waals surface area contributed by atoms with Crippen molar-refractivity contribution in [2.24, 2.45) is 0 Å². The number of hydrogen-bond donors (Lipinski definition) is 3. The van der Waals surface area contributed by atoms with E-state index in [2.05, 4.69) is 14.0 Å². The lowest BCUT2D eigenvalue weighted by atomic mass is 10.2. The van der Waals surface area contributed by atoms with Gasteiger partial charge in [-0.3, -0.25) is 4.98 Å². The highest BCUT2D eigenvalue weighted by molar-refractivity contribution is 7.33. The summed E-state index contributed by atoms with van der Waals surface area (Å²) in [7, 11) is -6.40. The molecule has 92 valence electrons. The minimum Gasteiger partial charge on any atom is -0.337 e. The fraction of sp³-hybridized carbons (Fsp3) is 0.286. The van der Waals surface area contributed by atoms with E-state index in [-0.39, 0.29) is 0 Å². The summed E-state index contributed by atoms with van der Waals surface area (Å²) in [6.07, 6.45) is 2.39. The monoisotopic (exact) mass is 281 g/mol. The van der Waals surface area contributed by atoms with Crippen LogP contribution in [0.1, 0.15) is 5.56 Å². The quantitative estimate of drug-likeness (QED) is 0.511. The normalized spacial score (nSPS) is 16.2. The Morgan fingerprint density at radius 3 is 2.29 bits per heavy atom. The molecule has 0 aromatic carbocycles. The van der Waals surface area contributed by atoms with Gasteiger partial charge in [-0.1, -0.05) is 6.07 Å². The minimum atomic E-state index is -3.20. The van der Waals surface area contributed by atoms with E-state index in [1.807, 2.05) is 0 Å². The van der Waals surface area contributed by atoms with Gasteiger partial charge in [0.15, 0.2) is 0 Å². The molecule has 1 heterocycles. The van der Waals surface area contributed by atoms with E-state index in [0.29, 0.717) is 5.56 Å². The zero-order chi connectivity index (χ0) is 12.9. The molecule has 2 unspecified atom stereocenters.